The van der Waals surface area contributed by atoms with E-state index in [4.69, 9.17) is 16.3 Å². The molecule has 1 aliphatic heterocycles. The first-order chi connectivity index (χ1) is 7.24. The van der Waals surface area contributed by atoms with Crippen LogP contribution in [-0.4, -0.2) is 43.1 Å². The molecule has 0 aromatic rings. The van der Waals surface area contributed by atoms with Gasteiger partial charge in [-0.05, 0) is 52.1 Å². The highest BCUT2D eigenvalue weighted by Crippen LogP contribution is 2.23. The Labute approximate surface area is 98.9 Å². The molecule has 1 saturated heterocycles. The van der Waals surface area contributed by atoms with Crippen LogP contribution in [0.2, 0.25) is 0 Å². The quantitative estimate of drug-likeness (QED) is 0.517. The van der Waals surface area contributed by atoms with Crippen molar-refractivity contribution >= 4 is 11.6 Å². The summed E-state index contributed by atoms with van der Waals surface area (Å²) < 4.78 is 5.34. The molecule has 0 aliphatic carbocycles. The number of piperidine rings is 1. The smallest absolute Gasteiger partial charge is 0.0478 e. The number of hydrogen-bond acceptors (Lipinski definition) is 2. The molecule has 0 aromatic heterocycles. The molecule has 0 amide bonds. The van der Waals surface area contributed by atoms with E-state index in [2.05, 4.69) is 11.8 Å². The topological polar surface area (TPSA) is 12.5 Å². The van der Waals surface area contributed by atoms with Gasteiger partial charge in [0.05, 0.1) is 0 Å². The summed E-state index contributed by atoms with van der Waals surface area (Å²) in [5, 5.41) is 0.343. The lowest BCUT2D eigenvalue weighted by molar-refractivity contribution is 0.120. The second kappa shape index (κ2) is 7.48. The van der Waals surface area contributed by atoms with Gasteiger partial charge >= 0.3 is 0 Å². The minimum absolute atomic E-state index is 0.343. The van der Waals surface area contributed by atoms with Crippen molar-refractivity contribution in [3.8, 4) is 0 Å². The van der Waals surface area contributed by atoms with Crippen LogP contribution in [-0.2, 0) is 4.74 Å². The number of alkyl halides is 1. The Morgan fingerprint density at radius 3 is 2.60 bits per heavy atom. The number of hydrogen-bond donors (Lipinski definition) is 0. The van der Waals surface area contributed by atoms with Crippen molar-refractivity contribution in [3.63, 3.8) is 0 Å². The maximum Gasteiger partial charge on any atom is 0.0478 e. The molecular weight excluding hydrogens is 210 g/mol. The molecular formula is C12H24ClNO. The minimum Gasteiger partial charge on any atom is -0.382 e. The molecule has 0 N–H and O–H groups in total. The summed E-state index contributed by atoms with van der Waals surface area (Å²) in [5.74, 6) is 0.731. The molecule has 1 heterocycles. The molecule has 0 aromatic carbocycles. The van der Waals surface area contributed by atoms with Crippen LogP contribution < -0.4 is 0 Å². The molecule has 1 rings (SSSR count). The average molecular weight is 234 g/mol. The van der Waals surface area contributed by atoms with E-state index in [-0.39, 0.29) is 0 Å². The normalized spacial score (nSPS) is 21.8. The van der Waals surface area contributed by atoms with Crippen molar-refractivity contribution in [1.29, 1.82) is 0 Å². The Bertz CT molecular complexity index is 156. The van der Waals surface area contributed by atoms with E-state index in [1.54, 1.807) is 0 Å². The van der Waals surface area contributed by atoms with Gasteiger partial charge in [0.2, 0.25) is 0 Å². The average Bonchev–Trinajstić information content (AvgIpc) is 2.25. The van der Waals surface area contributed by atoms with Gasteiger partial charge in [0, 0.05) is 25.1 Å². The van der Waals surface area contributed by atoms with E-state index in [1.165, 1.54) is 32.5 Å². The van der Waals surface area contributed by atoms with Gasteiger partial charge in [-0.15, -0.1) is 11.6 Å². The fourth-order valence-corrected chi connectivity index (χ4v) is 2.42. The predicted molar refractivity (Wildman–Crippen MR) is 65.6 cm³/mol. The van der Waals surface area contributed by atoms with Crippen LogP contribution in [0.3, 0.4) is 0 Å². The first-order valence-electron chi connectivity index (χ1n) is 6.18. The zero-order chi connectivity index (χ0) is 11.1. The zero-order valence-electron chi connectivity index (χ0n) is 10.0. The summed E-state index contributed by atoms with van der Waals surface area (Å²) in [6.45, 7) is 9.53. The van der Waals surface area contributed by atoms with E-state index in [0.29, 0.717) is 5.38 Å². The molecule has 1 aliphatic rings. The van der Waals surface area contributed by atoms with Crippen molar-refractivity contribution in [2.45, 2.75) is 38.5 Å². The molecule has 0 saturated carbocycles. The third-order valence-corrected chi connectivity index (χ3v) is 3.61. The van der Waals surface area contributed by atoms with E-state index >= 15 is 0 Å². The van der Waals surface area contributed by atoms with Gasteiger partial charge < -0.3 is 9.64 Å². The summed E-state index contributed by atoms with van der Waals surface area (Å²) >= 11 is 6.11. The van der Waals surface area contributed by atoms with Crippen molar-refractivity contribution in [1.82, 2.24) is 4.90 Å². The van der Waals surface area contributed by atoms with Gasteiger partial charge in [-0.2, -0.15) is 0 Å². The first kappa shape index (κ1) is 13.3. The molecule has 2 nitrogen and oxygen atoms in total. The van der Waals surface area contributed by atoms with Gasteiger partial charge in [0.1, 0.15) is 0 Å². The van der Waals surface area contributed by atoms with Crippen LogP contribution in [0.25, 0.3) is 0 Å². The highest BCUT2D eigenvalue weighted by molar-refractivity contribution is 6.20. The Hall–Kier alpha value is 0.210. The Balaban J connectivity index is 2.04. The number of likely N-dealkylation sites (tertiary alicyclic amines) is 1. The number of rotatable bonds is 6. The monoisotopic (exact) mass is 233 g/mol. The lowest BCUT2D eigenvalue weighted by Crippen LogP contribution is -2.36. The van der Waals surface area contributed by atoms with Crippen LogP contribution in [0, 0.1) is 5.92 Å². The van der Waals surface area contributed by atoms with Crippen molar-refractivity contribution in [2.75, 3.05) is 32.8 Å². The summed E-state index contributed by atoms with van der Waals surface area (Å²) in [6.07, 6.45) is 3.69. The minimum atomic E-state index is 0.343. The predicted octanol–water partition coefficient (Wildman–Crippen LogP) is 2.75. The first-order valence-corrected chi connectivity index (χ1v) is 6.61. The summed E-state index contributed by atoms with van der Waals surface area (Å²) in [6, 6.07) is 0. The van der Waals surface area contributed by atoms with Crippen LogP contribution in [0.1, 0.15) is 33.1 Å². The highest BCUT2D eigenvalue weighted by atomic mass is 35.5. The Kier molecular flexibility index (Phi) is 6.62. The van der Waals surface area contributed by atoms with Gasteiger partial charge in [-0.1, -0.05) is 0 Å². The SMILES string of the molecule is CCOCCCN1CCC(C(C)Cl)CC1. The van der Waals surface area contributed by atoms with E-state index in [0.717, 1.165) is 25.6 Å². The van der Waals surface area contributed by atoms with Gasteiger partial charge in [-0.25, -0.2) is 0 Å². The molecule has 3 heteroatoms. The molecule has 0 radical (unpaired) electrons. The van der Waals surface area contributed by atoms with Gasteiger partial charge in [0.25, 0.3) is 0 Å². The fourth-order valence-electron chi connectivity index (χ4n) is 2.17. The number of halogens is 1. The lowest BCUT2D eigenvalue weighted by atomic mass is 9.94. The standard InChI is InChI=1S/C12H24ClNO/c1-3-15-10-4-7-14-8-5-12(6-9-14)11(2)13/h11-12H,3-10H2,1-2H3. The Morgan fingerprint density at radius 1 is 1.40 bits per heavy atom. The molecule has 15 heavy (non-hydrogen) atoms. The van der Waals surface area contributed by atoms with E-state index in [9.17, 15) is 0 Å². The van der Waals surface area contributed by atoms with Crippen molar-refractivity contribution in [2.24, 2.45) is 5.92 Å². The van der Waals surface area contributed by atoms with E-state index < -0.39 is 0 Å². The maximum atomic E-state index is 6.11. The lowest BCUT2D eigenvalue weighted by Gasteiger charge is -2.33. The van der Waals surface area contributed by atoms with Crippen LogP contribution in [0.4, 0.5) is 0 Å². The molecule has 0 bridgehead atoms. The summed E-state index contributed by atoms with van der Waals surface area (Å²) in [4.78, 5) is 2.54. The Morgan fingerprint density at radius 2 is 2.07 bits per heavy atom. The van der Waals surface area contributed by atoms with Gasteiger partial charge in [-0.3, -0.25) is 0 Å². The second-order valence-corrected chi connectivity index (χ2v) is 5.10. The molecule has 1 fully saturated rings. The maximum absolute atomic E-state index is 6.11. The molecule has 90 valence electrons. The summed E-state index contributed by atoms with van der Waals surface area (Å²) in [7, 11) is 0. The van der Waals surface area contributed by atoms with Crippen molar-refractivity contribution in [3.05, 3.63) is 0 Å². The van der Waals surface area contributed by atoms with Crippen LogP contribution in [0.15, 0.2) is 0 Å². The number of nitrogens with zero attached hydrogens (tertiary/aromatic N) is 1. The summed E-state index contributed by atoms with van der Waals surface area (Å²) in [5.41, 5.74) is 0. The van der Waals surface area contributed by atoms with Crippen LogP contribution in [0.5, 0.6) is 0 Å². The molecule has 1 atom stereocenters. The molecule has 1 unspecified atom stereocenters. The van der Waals surface area contributed by atoms with Gasteiger partial charge in [0.15, 0.2) is 0 Å². The fraction of sp³-hybridized carbons (Fsp3) is 1.00. The third kappa shape index (κ3) is 5.19. The third-order valence-electron chi connectivity index (χ3n) is 3.25. The highest BCUT2D eigenvalue weighted by Gasteiger charge is 2.21. The largest absolute Gasteiger partial charge is 0.382 e. The second-order valence-electron chi connectivity index (χ2n) is 4.41. The van der Waals surface area contributed by atoms with E-state index in [1.807, 2.05) is 6.92 Å². The zero-order valence-corrected chi connectivity index (χ0v) is 10.8. The van der Waals surface area contributed by atoms with Crippen molar-refractivity contribution < 1.29 is 4.74 Å². The molecule has 0 spiro atoms. The number of ether oxygens (including phenoxy) is 1. The van der Waals surface area contributed by atoms with Crippen LogP contribution >= 0.6 is 11.6 Å².